The molecule has 0 fully saturated rings. The number of nitrogens with zero attached hydrogens (tertiary/aromatic N) is 2. The number of aryl methyl sites for hydroxylation is 1. The minimum atomic E-state index is -4.67. The van der Waals surface area contributed by atoms with Crippen molar-refractivity contribution in [3.8, 4) is 0 Å². The lowest BCUT2D eigenvalue weighted by molar-refractivity contribution is -0.138. The normalized spacial score (nSPS) is 12.2. The molecule has 0 aliphatic carbocycles. The Bertz CT molecular complexity index is 814. The zero-order valence-corrected chi connectivity index (χ0v) is 13.2. The van der Waals surface area contributed by atoms with Gasteiger partial charge in [0, 0.05) is 0 Å². The molecule has 0 radical (unpaired) electrons. The number of benzene rings is 1. The Morgan fingerprint density at radius 1 is 1.22 bits per heavy atom. The molecule has 11 heteroatoms. The van der Waals surface area contributed by atoms with Crippen molar-refractivity contribution >= 4 is 32.2 Å². The number of rotatable bonds is 4. The van der Waals surface area contributed by atoms with Crippen LogP contribution >= 0.6 is 11.3 Å². The lowest BCUT2D eigenvalue weighted by atomic mass is 10.2. The van der Waals surface area contributed by atoms with Crippen LogP contribution in [0.2, 0.25) is 0 Å². The number of halogens is 3. The minimum absolute atomic E-state index is 0.0495. The summed E-state index contributed by atoms with van der Waals surface area (Å²) in [5.41, 5.74) is 0.849. The van der Waals surface area contributed by atoms with Gasteiger partial charge in [0.2, 0.25) is 16.0 Å². The maximum atomic E-state index is 12.4. The molecule has 2 rings (SSSR count). The predicted octanol–water partition coefficient (Wildman–Crippen LogP) is 2.28. The first-order chi connectivity index (χ1) is 10.6. The fraction of sp³-hybridized carbons (Fsp3) is 0.250. The van der Waals surface area contributed by atoms with E-state index in [-0.39, 0.29) is 16.2 Å². The van der Waals surface area contributed by atoms with Crippen LogP contribution in [0.1, 0.15) is 10.6 Å². The summed E-state index contributed by atoms with van der Waals surface area (Å²) in [6.07, 6.45) is -4.67. The van der Waals surface area contributed by atoms with Gasteiger partial charge in [-0.3, -0.25) is 10.1 Å². The molecule has 0 unspecified atom stereocenters. The maximum Gasteiger partial charge on any atom is 0.445 e. The molecule has 1 amide bonds. The van der Waals surface area contributed by atoms with Gasteiger partial charge in [0.15, 0.2) is 9.84 Å². The molecule has 0 saturated carbocycles. The van der Waals surface area contributed by atoms with Crippen LogP contribution < -0.4 is 5.32 Å². The lowest BCUT2D eigenvalue weighted by Gasteiger charge is -2.04. The molecular weight excluding hydrogens is 355 g/mol. The van der Waals surface area contributed by atoms with Crippen molar-refractivity contribution in [3.05, 3.63) is 34.8 Å². The zero-order valence-electron chi connectivity index (χ0n) is 11.6. The molecule has 1 aromatic heterocycles. The SMILES string of the molecule is Cc1ccc(S(=O)(=O)CC(=O)Nc2nnc(C(F)(F)F)s2)cc1. The minimum Gasteiger partial charge on any atom is -0.300 e. The van der Waals surface area contributed by atoms with Gasteiger partial charge in [0.1, 0.15) is 5.75 Å². The van der Waals surface area contributed by atoms with Gasteiger partial charge in [-0.15, -0.1) is 10.2 Å². The molecule has 2 aromatic rings. The number of nitrogens with one attached hydrogen (secondary N) is 1. The average molecular weight is 365 g/mol. The third-order valence-corrected chi connectivity index (χ3v) is 5.13. The molecule has 0 bridgehead atoms. The molecule has 124 valence electrons. The van der Waals surface area contributed by atoms with Crippen LogP contribution in [-0.2, 0) is 20.8 Å². The number of amides is 1. The maximum absolute atomic E-state index is 12.4. The standard InChI is InChI=1S/C12H10F3N3O3S2/c1-7-2-4-8(5-3-7)23(20,21)6-9(19)16-11-18-17-10(22-11)12(13,14)15/h2-5H,6H2,1H3,(H,16,18,19). The van der Waals surface area contributed by atoms with Gasteiger partial charge in [-0.05, 0) is 19.1 Å². The molecular formula is C12H10F3N3O3S2. The van der Waals surface area contributed by atoms with E-state index in [0.29, 0.717) is 0 Å². The van der Waals surface area contributed by atoms with E-state index < -0.39 is 37.8 Å². The topological polar surface area (TPSA) is 89.0 Å². The smallest absolute Gasteiger partial charge is 0.300 e. The summed E-state index contributed by atoms with van der Waals surface area (Å²) in [7, 11) is -3.90. The fourth-order valence-electron chi connectivity index (χ4n) is 1.55. The van der Waals surface area contributed by atoms with Crippen molar-refractivity contribution in [1.82, 2.24) is 10.2 Å². The van der Waals surface area contributed by atoms with Crippen LogP contribution in [0.5, 0.6) is 0 Å². The molecule has 0 aliphatic rings. The number of hydrogen-bond acceptors (Lipinski definition) is 6. The number of sulfone groups is 1. The Labute approximate surface area is 133 Å². The Kier molecular flexibility index (Phi) is 4.71. The highest BCUT2D eigenvalue weighted by atomic mass is 32.2. The number of carbonyl (C=O) groups excluding carboxylic acids is 1. The number of anilines is 1. The highest BCUT2D eigenvalue weighted by molar-refractivity contribution is 7.92. The molecule has 0 aliphatic heterocycles. The second kappa shape index (κ2) is 6.24. The van der Waals surface area contributed by atoms with E-state index in [1.54, 1.807) is 19.1 Å². The van der Waals surface area contributed by atoms with E-state index in [9.17, 15) is 26.4 Å². The first-order valence-electron chi connectivity index (χ1n) is 6.08. The lowest BCUT2D eigenvalue weighted by Crippen LogP contribution is -2.23. The predicted molar refractivity (Wildman–Crippen MR) is 76.8 cm³/mol. The first kappa shape index (κ1) is 17.3. The summed E-state index contributed by atoms with van der Waals surface area (Å²) < 4.78 is 61.2. The number of alkyl halides is 3. The van der Waals surface area contributed by atoms with Gasteiger partial charge in [-0.25, -0.2) is 8.42 Å². The van der Waals surface area contributed by atoms with Gasteiger partial charge in [-0.1, -0.05) is 29.0 Å². The Morgan fingerprint density at radius 2 is 1.83 bits per heavy atom. The largest absolute Gasteiger partial charge is 0.445 e. The number of aromatic nitrogens is 2. The van der Waals surface area contributed by atoms with E-state index >= 15 is 0 Å². The Hall–Kier alpha value is -2.01. The van der Waals surface area contributed by atoms with Crippen molar-refractivity contribution in [1.29, 1.82) is 0 Å². The summed E-state index contributed by atoms with van der Waals surface area (Å²) >= 11 is 0.118. The summed E-state index contributed by atoms with van der Waals surface area (Å²) in [5, 5.41) is 6.40. The molecule has 0 atom stereocenters. The van der Waals surface area contributed by atoms with E-state index in [2.05, 4.69) is 10.2 Å². The summed E-state index contributed by atoms with van der Waals surface area (Å²) in [6, 6.07) is 5.85. The number of carbonyl (C=O) groups is 1. The molecule has 23 heavy (non-hydrogen) atoms. The van der Waals surface area contributed by atoms with E-state index in [4.69, 9.17) is 0 Å². The molecule has 0 saturated heterocycles. The van der Waals surface area contributed by atoms with Gasteiger partial charge in [0.05, 0.1) is 4.90 Å². The van der Waals surface area contributed by atoms with Gasteiger partial charge >= 0.3 is 6.18 Å². The second-order valence-electron chi connectivity index (χ2n) is 4.53. The molecule has 6 nitrogen and oxygen atoms in total. The highest BCUT2D eigenvalue weighted by Crippen LogP contribution is 2.32. The Balaban J connectivity index is 2.07. The van der Waals surface area contributed by atoms with Gasteiger partial charge in [0.25, 0.3) is 0 Å². The number of hydrogen-bond donors (Lipinski definition) is 1. The van der Waals surface area contributed by atoms with Crippen molar-refractivity contribution in [2.24, 2.45) is 0 Å². The summed E-state index contributed by atoms with van der Waals surface area (Å²) in [6.45, 7) is 1.77. The van der Waals surface area contributed by atoms with Crippen LogP contribution in [0, 0.1) is 6.92 Å². The van der Waals surface area contributed by atoms with Crippen molar-refractivity contribution < 1.29 is 26.4 Å². The Morgan fingerprint density at radius 3 is 2.35 bits per heavy atom. The van der Waals surface area contributed by atoms with Crippen molar-refractivity contribution in [2.75, 3.05) is 11.1 Å². The summed E-state index contributed by atoms with van der Waals surface area (Å²) in [5.74, 6) is -1.90. The summed E-state index contributed by atoms with van der Waals surface area (Å²) in [4.78, 5) is 11.6. The molecule has 0 spiro atoms. The molecule has 1 heterocycles. The van der Waals surface area contributed by atoms with E-state index in [0.717, 1.165) is 5.56 Å². The third kappa shape index (κ3) is 4.48. The highest BCUT2D eigenvalue weighted by Gasteiger charge is 2.36. The quantitative estimate of drug-likeness (QED) is 0.898. The van der Waals surface area contributed by atoms with E-state index in [1.165, 1.54) is 12.1 Å². The van der Waals surface area contributed by atoms with Gasteiger partial charge < -0.3 is 0 Å². The van der Waals surface area contributed by atoms with Crippen LogP contribution in [0.4, 0.5) is 18.3 Å². The fourth-order valence-corrected chi connectivity index (χ4v) is 3.31. The third-order valence-electron chi connectivity index (χ3n) is 2.62. The average Bonchev–Trinajstić information content (AvgIpc) is 2.86. The van der Waals surface area contributed by atoms with Crippen LogP contribution in [0.3, 0.4) is 0 Å². The van der Waals surface area contributed by atoms with Crippen LogP contribution in [-0.4, -0.2) is 30.3 Å². The van der Waals surface area contributed by atoms with Crippen LogP contribution in [0.25, 0.3) is 0 Å². The molecule has 1 N–H and O–H groups in total. The van der Waals surface area contributed by atoms with E-state index in [1.807, 2.05) is 5.32 Å². The molecule has 1 aromatic carbocycles. The second-order valence-corrected chi connectivity index (χ2v) is 7.50. The monoisotopic (exact) mass is 365 g/mol. The van der Waals surface area contributed by atoms with Crippen molar-refractivity contribution in [2.45, 2.75) is 18.0 Å². The van der Waals surface area contributed by atoms with Gasteiger partial charge in [-0.2, -0.15) is 13.2 Å². The zero-order chi connectivity index (χ0) is 17.3. The van der Waals surface area contributed by atoms with Crippen LogP contribution in [0.15, 0.2) is 29.2 Å². The van der Waals surface area contributed by atoms with Crippen molar-refractivity contribution in [3.63, 3.8) is 0 Å². The first-order valence-corrected chi connectivity index (χ1v) is 8.55.